The number of nitrogens with one attached hydrogen (secondary N) is 2. The van der Waals surface area contributed by atoms with Crippen LogP contribution in [0.5, 0.6) is 5.75 Å². The summed E-state index contributed by atoms with van der Waals surface area (Å²) >= 11 is 12.8. The van der Waals surface area contributed by atoms with Crippen LogP contribution in [0.15, 0.2) is 45.3 Å². The Morgan fingerprint density at radius 2 is 2.00 bits per heavy atom. The van der Waals surface area contributed by atoms with Crippen LogP contribution in [0.2, 0.25) is 5.02 Å². The van der Waals surface area contributed by atoms with E-state index < -0.39 is 0 Å². The second-order valence-corrected chi connectivity index (χ2v) is 7.30. The lowest BCUT2D eigenvalue weighted by Gasteiger charge is -2.10. The Morgan fingerprint density at radius 1 is 1.21 bits per heavy atom. The Morgan fingerprint density at radius 3 is 2.71 bits per heavy atom. The van der Waals surface area contributed by atoms with Gasteiger partial charge < -0.3 is 15.4 Å². The summed E-state index contributed by atoms with van der Waals surface area (Å²) in [4.78, 5) is 11.8. The molecule has 7 heteroatoms. The topological polar surface area (TPSA) is 50.4 Å². The molecule has 0 aromatic heterocycles. The van der Waals surface area contributed by atoms with Gasteiger partial charge in [-0.25, -0.2) is 4.79 Å². The summed E-state index contributed by atoms with van der Waals surface area (Å²) < 4.78 is 7.51. The molecule has 24 heavy (non-hydrogen) atoms. The zero-order chi connectivity index (χ0) is 17.5. The Labute approximate surface area is 163 Å². The number of carbonyl (C=O) groups is 1. The number of aryl methyl sites for hydroxylation is 1. The number of halogens is 3. The van der Waals surface area contributed by atoms with Crippen molar-refractivity contribution in [3.05, 3.63) is 55.9 Å². The van der Waals surface area contributed by atoms with Gasteiger partial charge in [-0.05, 0) is 55.3 Å². The molecule has 128 valence electrons. The lowest BCUT2D eigenvalue weighted by molar-refractivity contribution is 0.250. The van der Waals surface area contributed by atoms with Gasteiger partial charge in [-0.2, -0.15) is 0 Å². The molecule has 2 aromatic rings. The van der Waals surface area contributed by atoms with Crippen molar-refractivity contribution in [3.8, 4) is 5.75 Å². The first-order valence-corrected chi connectivity index (χ1v) is 9.31. The first kappa shape index (κ1) is 19.1. The molecule has 0 unspecified atom stereocenters. The quantitative estimate of drug-likeness (QED) is 0.521. The maximum absolute atomic E-state index is 11.8. The summed E-state index contributed by atoms with van der Waals surface area (Å²) in [5, 5.41) is 6.15. The van der Waals surface area contributed by atoms with Gasteiger partial charge in [0, 0.05) is 21.2 Å². The van der Waals surface area contributed by atoms with Gasteiger partial charge in [0.05, 0.1) is 11.6 Å². The van der Waals surface area contributed by atoms with Crippen molar-refractivity contribution in [1.29, 1.82) is 0 Å². The van der Waals surface area contributed by atoms with Crippen molar-refractivity contribution in [2.24, 2.45) is 0 Å². The Hall–Kier alpha value is -1.24. The van der Waals surface area contributed by atoms with E-state index in [4.69, 9.17) is 16.3 Å². The van der Waals surface area contributed by atoms with Crippen molar-refractivity contribution in [2.45, 2.75) is 13.3 Å². The van der Waals surface area contributed by atoms with Crippen molar-refractivity contribution >= 4 is 55.2 Å². The molecule has 0 atom stereocenters. The molecular formula is C17H17Br2ClN2O2. The highest BCUT2D eigenvalue weighted by Gasteiger charge is 2.04. The van der Waals surface area contributed by atoms with Crippen molar-refractivity contribution in [3.63, 3.8) is 0 Å². The average molecular weight is 477 g/mol. The molecular weight excluding hydrogens is 459 g/mol. The van der Waals surface area contributed by atoms with E-state index in [-0.39, 0.29) is 6.03 Å². The molecule has 0 radical (unpaired) electrons. The molecule has 2 N–H and O–H groups in total. The molecule has 0 bridgehead atoms. The zero-order valence-electron chi connectivity index (χ0n) is 13.0. The third-order valence-electron chi connectivity index (χ3n) is 3.17. The number of urea groups is 1. The first-order chi connectivity index (χ1) is 11.5. The molecule has 0 aliphatic carbocycles. The molecule has 0 heterocycles. The minimum Gasteiger partial charge on any atom is -0.492 e. The molecule has 2 aromatic carbocycles. The number of benzene rings is 2. The van der Waals surface area contributed by atoms with Gasteiger partial charge in [0.15, 0.2) is 0 Å². The van der Waals surface area contributed by atoms with Gasteiger partial charge in [-0.1, -0.05) is 43.5 Å². The maximum atomic E-state index is 11.8. The normalized spacial score (nSPS) is 10.3. The van der Waals surface area contributed by atoms with Crippen molar-refractivity contribution in [2.75, 3.05) is 18.5 Å². The fraction of sp³-hybridized carbons (Fsp3) is 0.235. The highest BCUT2D eigenvalue weighted by atomic mass is 79.9. The Balaban J connectivity index is 1.68. The lowest BCUT2D eigenvalue weighted by atomic mass is 10.2. The third-order valence-corrected chi connectivity index (χ3v) is 4.85. The SMILES string of the molecule is Cc1cc(NC(=O)NCCCOc2ccc(Br)cc2Cl)ccc1Br. The van der Waals surface area contributed by atoms with Crippen LogP contribution in [0.4, 0.5) is 10.5 Å². The number of anilines is 1. The van der Waals surface area contributed by atoms with Gasteiger partial charge in [0.25, 0.3) is 0 Å². The van der Waals surface area contributed by atoms with Crippen LogP contribution in [-0.4, -0.2) is 19.2 Å². The lowest BCUT2D eigenvalue weighted by Crippen LogP contribution is -2.30. The molecule has 0 aliphatic heterocycles. The van der Waals surface area contributed by atoms with Crippen LogP contribution in [0.3, 0.4) is 0 Å². The molecule has 0 aliphatic rings. The molecule has 0 saturated heterocycles. The Kier molecular flexibility index (Phi) is 7.40. The maximum Gasteiger partial charge on any atom is 0.319 e. The van der Waals surface area contributed by atoms with Crippen LogP contribution < -0.4 is 15.4 Å². The monoisotopic (exact) mass is 474 g/mol. The highest BCUT2D eigenvalue weighted by Crippen LogP contribution is 2.27. The van der Waals surface area contributed by atoms with E-state index in [1.54, 1.807) is 6.07 Å². The van der Waals surface area contributed by atoms with Gasteiger partial charge in [0.2, 0.25) is 0 Å². The van der Waals surface area contributed by atoms with E-state index in [9.17, 15) is 4.79 Å². The van der Waals surface area contributed by atoms with E-state index in [0.717, 1.165) is 20.2 Å². The molecule has 0 fully saturated rings. The smallest absolute Gasteiger partial charge is 0.319 e. The summed E-state index contributed by atoms with van der Waals surface area (Å²) in [6.45, 7) is 2.95. The summed E-state index contributed by atoms with van der Waals surface area (Å²) in [6.07, 6.45) is 0.680. The number of carbonyl (C=O) groups excluding carboxylic acids is 1. The van der Waals surface area contributed by atoms with E-state index >= 15 is 0 Å². The van der Waals surface area contributed by atoms with Crippen LogP contribution in [0.1, 0.15) is 12.0 Å². The summed E-state index contributed by atoms with van der Waals surface area (Å²) in [5.41, 5.74) is 1.82. The summed E-state index contributed by atoms with van der Waals surface area (Å²) in [6, 6.07) is 10.9. The van der Waals surface area contributed by atoms with Gasteiger partial charge in [0.1, 0.15) is 5.75 Å². The predicted molar refractivity (Wildman–Crippen MR) is 105 cm³/mol. The van der Waals surface area contributed by atoms with Crippen LogP contribution in [0.25, 0.3) is 0 Å². The zero-order valence-corrected chi connectivity index (χ0v) is 17.0. The fourth-order valence-electron chi connectivity index (χ4n) is 1.95. The predicted octanol–water partition coefficient (Wildman–Crippen LogP) is 5.76. The van der Waals surface area contributed by atoms with E-state index in [2.05, 4.69) is 42.5 Å². The molecule has 0 spiro atoms. The summed E-state index contributed by atoms with van der Waals surface area (Å²) in [7, 11) is 0. The largest absolute Gasteiger partial charge is 0.492 e. The van der Waals surface area contributed by atoms with Gasteiger partial charge in [-0.15, -0.1) is 0 Å². The van der Waals surface area contributed by atoms with Crippen LogP contribution in [0, 0.1) is 6.92 Å². The molecule has 2 amide bonds. The second kappa shape index (κ2) is 9.30. The second-order valence-electron chi connectivity index (χ2n) is 5.12. The highest BCUT2D eigenvalue weighted by molar-refractivity contribution is 9.10. The summed E-state index contributed by atoms with van der Waals surface area (Å²) in [5.74, 6) is 0.634. The van der Waals surface area contributed by atoms with Crippen LogP contribution in [-0.2, 0) is 0 Å². The van der Waals surface area contributed by atoms with E-state index in [1.165, 1.54) is 0 Å². The van der Waals surface area contributed by atoms with Crippen LogP contribution >= 0.6 is 43.5 Å². The van der Waals surface area contributed by atoms with Crippen molar-refractivity contribution < 1.29 is 9.53 Å². The van der Waals surface area contributed by atoms with E-state index in [0.29, 0.717) is 30.3 Å². The molecule has 0 saturated carbocycles. The minimum atomic E-state index is -0.238. The molecule has 2 rings (SSSR count). The number of rotatable bonds is 6. The first-order valence-electron chi connectivity index (χ1n) is 7.34. The van der Waals surface area contributed by atoms with Crippen molar-refractivity contribution in [1.82, 2.24) is 5.32 Å². The standard InChI is InChI=1S/C17H17Br2ClN2O2/c1-11-9-13(4-5-14(11)19)22-17(23)21-7-2-8-24-16-6-3-12(18)10-15(16)20/h3-6,9-10H,2,7-8H2,1H3,(H2,21,22,23). The number of amides is 2. The van der Waals surface area contributed by atoms with Gasteiger partial charge >= 0.3 is 6.03 Å². The van der Waals surface area contributed by atoms with Gasteiger partial charge in [-0.3, -0.25) is 0 Å². The fourth-order valence-corrected chi connectivity index (χ4v) is 2.92. The number of hydrogen-bond acceptors (Lipinski definition) is 2. The minimum absolute atomic E-state index is 0.238. The number of ether oxygens (including phenoxy) is 1. The third kappa shape index (κ3) is 6.00. The van der Waals surface area contributed by atoms with E-state index in [1.807, 2.05) is 37.3 Å². The molecule has 4 nitrogen and oxygen atoms in total. The Bertz CT molecular complexity index is 726. The number of hydrogen-bond donors (Lipinski definition) is 2. The average Bonchev–Trinajstić information content (AvgIpc) is 2.52.